The maximum atomic E-state index is 13.5. The minimum atomic E-state index is -0.469. The van der Waals surface area contributed by atoms with Crippen molar-refractivity contribution in [2.75, 3.05) is 0 Å². The second-order valence-corrected chi connectivity index (χ2v) is 6.72. The highest BCUT2D eigenvalue weighted by Crippen LogP contribution is 2.32. The normalized spacial score (nSPS) is 11.2. The van der Waals surface area contributed by atoms with Crippen LogP contribution < -0.4 is 0 Å². The second kappa shape index (κ2) is 5.68. The van der Waals surface area contributed by atoms with Crippen molar-refractivity contribution in [2.24, 2.45) is 0 Å². The van der Waals surface area contributed by atoms with Gasteiger partial charge in [0.25, 0.3) is 0 Å². The van der Waals surface area contributed by atoms with Crippen LogP contribution in [0, 0.1) is 17.1 Å². The van der Waals surface area contributed by atoms with Gasteiger partial charge in [-0.15, -0.1) is 0 Å². The van der Waals surface area contributed by atoms with Crippen LogP contribution in [0.15, 0.2) is 52.3 Å². The molecule has 2 aromatic rings. The molecular formula is C17H16FNS. The minimum absolute atomic E-state index is 0.109. The van der Waals surface area contributed by atoms with E-state index in [4.69, 9.17) is 5.26 Å². The average Bonchev–Trinajstić information content (AvgIpc) is 2.38. The van der Waals surface area contributed by atoms with E-state index in [-0.39, 0.29) is 11.0 Å². The predicted octanol–water partition coefficient (Wildman–Crippen LogP) is 5.15. The van der Waals surface area contributed by atoms with E-state index >= 15 is 0 Å². The Morgan fingerprint density at radius 2 is 1.70 bits per heavy atom. The van der Waals surface area contributed by atoms with E-state index in [1.54, 1.807) is 12.1 Å². The van der Waals surface area contributed by atoms with Crippen molar-refractivity contribution >= 4 is 11.8 Å². The summed E-state index contributed by atoms with van der Waals surface area (Å²) in [7, 11) is 0. The molecule has 0 atom stereocenters. The van der Waals surface area contributed by atoms with Crippen molar-refractivity contribution in [1.82, 2.24) is 0 Å². The van der Waals surface area contributed by atoms with Crippen LogP contribution in [0.1, 0.15) is 31.9 Å². The van der Waals surface area contributed by atoms with Crippen LogP contribution in [-0.2, 0) is 5.41 Å². The maximum absolute atomic E-state index is 13.5. The van der Waals surface area contributed by atoms with Crippen LogP contribution in [0.2, 0.25) is 0 Å². The minimum Gasteiger partial charge on any atom is -0.206 e. The van der Waals surface area contributed by atoms with Gasteiger partial charge in [0.05, 0.1) is 0 Å². The van der Waals surface area contributed by atoms with Gasteiger partial charge in [-0.25, -0.2) is 4.39 Å². The Kier molecular flexibility index (Phi) is 4.15. The van der Waals surface area contributed by atoms with Gasteiger partial charge < -0.3 is 0 Å². The van der Waals surface area contributed by atoms with Crippen LogP contribution in [-0.4, -0.2) is 0 Å². The highest BCUT2D eigenvalue weighted by molar-refractivity contribution is 7.99. The van der Waals surface area contributed by atoms with E-state index in [0.29, 0.717) is 4.90 Å². The number of hydrogen-bond donors (Lipinski definition) is 0. The molecule has 0 radical (unpaired) electrons. The number of halogens is 1. The zero-order valence-electron chi connectivity index (χ0n) is 11.8. The molecule has 0 aromatic heterocycles. The van der Waals surface area contributed by atoms with Gasteiger partial charge in [-0.3, -0.25) is 0 Å². The van der Waals surface area contributed by atoms with Gasteiger partial charge in [0.1, 0.15) is 17.4 Å². The standard InChI is InChI=1S/C17H16FNS/c1-17(2,3)12-7-9-13(10-8-12)20-16-6-4-5-15(18)14(16)11-19/h4-10H,1-3H3. The van der Waals surface area contributed by atoms with Gasteiger partial charge in [-0.2, -0.15) is 5.26 Å². The highest BCUT2D eigenvalue weighted by atomic mass is 32.2. The molecule has 0 saturated heterocycles. The van der Waals surface area contributed by atoms with Crippen LogP contribution in [0.25, 0.3) is 0 Å². The Balaban J connectivity index is 2.28. The Labute approximate surface area is 123 Å². The number of rotatable bonds is 2. The van der Waals surface area contributed by atoms with Crippen LogP contribution in [0.5, 0.6) is 0 Å². The lowest BCUT2D eigenvalue weighted by atomic mass is 9.87. The molecule has 0 heterocycles. The molecule has 2 rings (SSSR count). The zero-order valence-corrected chi connectivity index (χ0v) is 12.6. The van der Waals surface area contributed by atoms with E-state index in [9.17, 15) is 4.39 Å². The summed E-state index contributed by atoms with van der Waals surface area (Å²) in [5.41, 5.74) is 1.47. The molecule has 0 aliphatic rings. The topological polar surface area (TPSA) is 23.8 Å². The SMILES string of the molecule is CC(C)(C)c1ccc(Sc2cccc(F)c2C#N)cc1. The summed E-state index contributed by atoms with van der Waals surface area (Å²) in [5.74, 6) is -0.469. The molecule has 0 spiro atoms. The third-order valence-corrected chi connectivity index (χ3v) is 4.10. The Morgan fingerprint density at radius 1 is 1.05 bits per heavy atom. The van der Waals surface area contributed by atoms with Gasteiger partial charge in [-0.1, -0.05) is 50.7 Å². The second-order valence-electron chi connectivity index (χ2n) is 5.60. The summed E-state index contributed by atoms with van der Waals surface area (Å²) < 4.78 is 13.5. The number of benzene rings is 2. The summed E-state index contributed by atoms with van der Waals surface area (Å²) in [5, 5.41) is 9.02. The highest BCUT2D eigenvalue weighted by Gasteiger charge is 2.14. The molecule has 0 unspecified atom stereocenters. The summed E-state index contributed by atoms with van der Waals surface area (Å²) >= 11 is 1.41. The van der Waals surface area contributed by atoms with Crippen molar-refractivity contribution in [3.05, 3.63) is 59.4 Å². The fourth-order valence-electron chi connectivity index (χ4n) is 1.85. The Hall–Kier alpha value is -1.79. The first kappa shape index (κ1) is 14.6. The first-order chi connectivity index (χ1) is 9.41. The first-order valence-electron chi connectivity index (χ1n) is 6.39. The molecule has 0 aliphatic carbocycles. The summed E-state index contributed by atoms with van der Waals surface area (Å²) in [6.07, 6.45) is 0. The lowest BCUT2D eigenvalue weighted by Crippen LogP contribution is -2.10. The van der Waals surface area contributed by atoms with Crippen LogP contribution in [0.3, 0.4) is 0 Å². The first-order valence-corrected chi connectivity index (χ1v) is 7.20. The lowest BCUT2D eigenvalue weighted by Gasteiger charge is -2.19. The molecule has 0 amide bonds. The fourth-order valence-corrected chi connectivity index (χ4v) is 2.77. The van der Waals surface area contributed by atoms with E-state index in [1.807, 2.05) is 18.2 Å². The number of nitriles is 1. The third kappa shape index (κ3) is 3.20. The van der Waals surface area contributed by atoms with E-state index in [0.717, 1.165) is 4.90 Å². The molecule has 0 aliphatic heterocycles. The smallest absolute Gasteiger partial charge is 0.142 e. The van der Waals surface area contributed by atoms with Crippen molar-refractivity contribution in [1.29, 1.82) is 5.26 Å². The van der Waals surface area contributed by atoms with Crippen molar-refractivity contribution in [3.8, 4) is 6.07 Å². The third-order valence-electron chi connectivity index (χ3n) is 3.04. The monoisotopic (exact) mass is 285 g/mol. The molecule has 3 heteroatoms. The van der Waals surface area contributed by atoms with Crippen LogP contribution in [0.4, 0.5) is 4.39 Å². The Morgan fingerprint density at radius 3 is 2.25 bits per heavy atom. The molecule has 2 aromatic carbocycles. The molecule has 0 bridgehead atoms. The molecule has 20 heavy (non-hydrogen) atoms. The van der Waals surface area contributed by atoms with Crippen molar-refractivity contribution in [3.63, 3.8) is 0 Å². The van der Waals surface area contributed by atoms with Crippen molar-refractivity contribution < 1.29 is 4.39 Å². The molecule has 0 N–H and O–H groups in total. The molecule has 102 valence electrons. The van der Waals surface area contributed by atoms with Crippen molar-refractivity contribution in [2.45, 2.75) is 36.0 Å². The number of hydrogen-bond acceptors (Lipinski definition) is 2. The van der Waals surface area contributed by atoms with E-state index < -0.39 is 5.82 Å². The molecule has 0 saturated carbocycles. The summed E-state index contributed by atoms with van der Waals surface area (Å²) in [6, 6.07) is 14.8. The zero-order chi connectivity index (χ0) is 14.8. The predicted molar refractivity (Wildman–Crippen MR) is 80.4 cm³/mol. The summed E-state index contributed by atoms with van der Waals surface area (Å²) in [4.78, 5) is 1.65. The lowest BCUT2D eigenvalue weighted by molar-refractivity contribution is 0.590. The van der Waals surface area contributed by atoms with Gasteiger partial charge in [0.15, 0.2) is 0 Å². The Bertz CT molecular complexity index is 648. The molecule has 1 nitrogen and oxygen atoms in total. The van der Waals surface area contributed by atoms with Gasteiger partial charge in [-0.05, 0) is 35.2 Å². The van der Waals surface area contributed by atoms with E-state index in [1.165, 1.54) is 23.4 Å². The van der Waals surface area contributed by atoms with Gasteiger partial charge in [0.2, 0.25) is 0 Å². The molecule has 0 fully saturated rings. The fraction of sp³-hybridized carbons (Fsp3) is 0.235. The van der Waals surface area contributed by atoms with Crippen LogP contribution >= 0.6 is 11.8 Å². The largest absolute Gasteiger partial charge is 0.206 e. The molecular weight excluding hydrogens is 269 g/mol. The summed E-state index contributed by atoms with van der Waals surface area (Å²) in [6.45, 7) is 6.49. The van der Waals surface area contributed by atoms with Gasteiger partial charge in [0, 0.05) is 9.79 Å². The van der Waals surface area contributed by atoms with Gasteiger partial charge >= 0.3 is 0 Å². The quantitative estimate of drug-likeness (QED) is 0.762. The van der Waals surface area contributed by atoms with E-state index in [2.05, 4.69) is 32.9 Å². The average molecular weight is 285 g/mol. The maximum Gasteiger partial charge on any atom is 0.142 e. The number of nitrogens with zero attached hydrogens (tertiary/aromatic N) is 1.